The Morgan fingerprint density at radius 1 is 0.864 bits per heavy atom. The summed E-state index contributed by atoms with van der Waals surface area (Å²) in [7, 11) is 0. The molecule has 2 aromatic heterocycles. The molecule has 2 aromatic carbocycles. The van der Waals surface area contributed by atoms with E-state index in [0.29, 0.717) is 0 Å². The zero-order valence-corrected chi connectivity index (χ0v) is 15.2. The van der Waals surface area contributed by atoms with Gasteiger partial charge in [-0.15, -0.1) is 21.5 Å². The van der Waals surface area contributed by atoms with Crippen LogP contribution in [0.5, 0.6) is 0 Å². The van der Waals surface area contributed by atoms with E-state index in [4.69, 9.17) is 4.98 Å². The predicted molar refractivity (Wildman–Crippen MR) is 100 cm³/mol. The molecular weight excluding hydrogens is 425 g/mol. The van der Waals surface area contributed by atoms with Crippen molar-refractivity contribution in [3.8, 4) is 11.1 Å². The second-order valence-corrected chi connectivity index (χ2v) is 8.71. The van der Waals surface area contributed by atoms with Crippen LogP contribution >= 0.6 is 45.3 Å². The summed E-state index contributed by atoms with van der Waals surface area (Å²) in [5.41, 5.74) is 3.52. The van der Waals surface area contributed by atoms with Gasteiger partial charge in [-0.1, -0.05) is 47.7 Å². The molecule has 0 radical (unpaired) electrons. The molecule has 0 saturated heterocycles. The van der Waals surface area contributed by atoms with Gasteiger partial charge in [0, 0.05) is 0 Å². The van der Waals surface area contributed by atoms with Gasteiger partial charge in [0.1, 0.15) is 10.0 Å². The maximum absolute atomic E-state index is 4.71. The molecule has 0 aliphatic heterocycles. The lowest BCUT2D eigenvalue weighted by atomic mass is 10.1. The summed E-state index contributed by atoms with van der Waals surface area (Å²) in [6, 6.07) is 16.9. The minimum Gasteiger partial charge on any atom is -0.241 e. The maximum atomic E-state index is 4.71. The zero-order chi connectivity index (χ0) is 14.9. The molecule has 108 valence electrons. The van der Waals surface area contributed by atoms with Crippen molar-refractivity contribution in [3.63, 3.8) is 0 Å². The fourth-order valence-electron chi connectivity index (χ4n) is 2.29. The summed E-state index contributed by atoms with van der Waals surface area (Å²) in [5.74, 6) is 0. The van der Waals surface area contributed by atoms with Gasteiger partial charge in [0.25, 0.3) is 0 Å². The Hall–Kier alpha value is -1.38. The first-order chi connectivity index (χ1) is 10.8. The second-order valence-electron chi connectivity index (χ2n) is 4.78. The predicted octanol–water partition coefficient (Wildman–Crippen LogP) is 5.01. The molecule has 0 amide bonds. The highest BCUT2D eigenvalue weighted by molar-refractivity contribution is 14.1. The van der Waals surface area contributed by atoms with Crippen molar-refractivity contribution in [3.05, 3.63) is 61.6 Å². The summed E-state index contributed by atoms with van der Waals surface area (Å²) in [4.78, 5) is 4.71. The largest absolute Gasteiger partial charge is 0.241 e. The second kappa shape index (κ2) is 6.02. The van der Waals surface area contributed by atoms with E-state index in [1.54, 1.807) is 22.7 Å². The van der Waals surface area contributed by atoms with E-state index in [0.717, 1.165) is 25.0 Å². The Balaban J connectivity index is 1.69. The van der Waals surface area contributed by atoms with Gasteiger partial charge in [0.05, 0.1) is 16.6 Å². The molecule has 0 atom stereocenters. The number of hydrogen-bond acceptors (Lipinski definition) is 5. The van der Waals surface area contributed by atoms with E-state index in [1.165, 1.54) is 15.8 Å². The van der Waals surface area contributed by atoms with Crippen LogP contribution in [0.1, 0.15) is 10.0 Å². The van der Waals surface area contributed by atoms with Crippen LogP contribution in [0.3, 0.4) is 0 Å². The van der Waals surface area contributed by atoms with Crippen molar-refractivity contribution in [1.82, 2.24) is 15.2 Å². The van der Waals surface area contributed by atoms with Crippen molar-refractivity contribution in [2.75, 3.05) is 0 Å². The first-order valence-electron chi connectivity index (χ1n) is 6.71. The molecule has 0 aliphatic rings. The monoisotopic (exact) mass is 435 g/mol. The third-order valence-electron chi connectivity index (χ3n) is 3.28. The summed E-state index contributed by atoms with van der Waals surface area (Å²) in [6.07, 6.45) is 0.765. The Morgan fingerprint density at radius 3 is 2.50 bits per heavy atom. The molecule has 2 heterocycles. The molecule has 0 saturated carbocycles. The minimum absolute atomic E-state index is 0.765. The van der Waals surface area contributed by atoms with Gasteiger partial charge in [-0.2, -0.15) is 0 Å². The highest BCUT2D eigenvalue weighted by Gasteiger charge is 2.09. The molecule has 0 fully saturated rings. The van der Waals surface area contributed by atoms with E-state index >= 15 is 0 Å². The van der Waals surface area contributed by atoms with Gasteiger partial charge in [0.15, 0.2) is 3.01 Å². The van der Waals surface area contributed by atoms with Crippen LogP contribution < -0.4 is 0 Å². The topological polar surface area (TPSA) is 38.7 Å². The van der Waals surface area contributed by atoms with Crippen molar-refractivity contribution >= 4 is 55.5 Å². The van der Waals surface area contributed by atoms with Crippen LogP contribution in [0, 0.1) is 3.01 Å². The van der Waals surface area contributed by atoms with Crippen molar-refractivity contribution in [2.24, 2.45) is 0 Å². The molecule has 0 unspecified atom stereocenters. The van der Waals surface area contributed by atoms with Crippen LogP contribution in [-0.2, 0) is 6.42 Å². The van der Waals surface area contributed by atoms with Crippen LogP contribution in [0.15, 0.2) is 48.5 Å². The van der Waals surface area contributed by atoms with Crippen LogP contribution in [0.4, 0.5) is 0 Å². The number of fused-ring (bicyclic) bond motifs is 1. The average Bonchev–Trinajstić information content (AvgIpc) is 3.13. The number of thiazole rings is 1. The Kier molecular flexibility index (Phi) is 3.89. The molecule has 4 aromatic rings. The summed E-state index contributed by atoms with van der Waals surface area (Å²) in [5, 5.41) is 10.3. The molecule has 0 N–H and O–H groups in total. The van der Waals surface area contributed by atoms with Crippen LogP contribution in [0.25, 0.3) is 21.3 Å². The van der Waals surface area contributed by atoms with Gasteiger partial charge in [0.2, 0.25) is 0 Å². The molecule has 22 heavy (non-hydrogen) atoms. The average molecular weight is 435 g/mol. The van der Waals surface area contributed by atoms with Gasteiger partial charge < -0.3 is 0 Å². The van der Waals surface area contributed by atoms with Crippen molar-refractivity contribution in [1.29, 1.82) is 0 Å². The van der Waals surface area contributed by atoms with Gasteiger partial charge in [-0.3, -0.25) is 0 Å². The van der Waals surface area contributed by atoms with E-state index in [2.05, 4.69) is 75.3 Å². The number of halogens is 1. The molecular formula is C16H10IN3S2. The molecule has 0 bridgehead atoms. The summed E-state index contributed by atoms with van der Waals surface area (Å²) >= 11 is 5.56. The Morgan fingerprint density at radius 2 is 1.73 bits per heavy atom. The first-order valence-corrected chi connectivity index (χ1v) is 9.42. The first kappa shape index (κ1) is 14.2. The number of nitrogens with zero attached hydrogens (tertiary/aromatic N) is 3. The fraction of sp³-hybridized carbons (Fsp3) is 0.0625. The fourth-order valence-corrected chi connectivity index (χ4v) is 4.83. The number of hydrogen-bond donors (Lipinski definition) is 0. The highest BCUT2D eigenvalue weighted by Crippen LogP contribution is 2.29. The Bertz CT molecular complexity index is 931. The summed E-state index contributed by atoms with van der Waals surface area (Å²) in [6.45, 7) is 0. The van der Waals surface area contributed by atoms with E-state index < -0.39 is 0 Å². The molecule has 4 rings (SSSR count). The number of aromatic nitrogens is 3. The molecule has 3 nitrogen and oxygen atoms in total. The van der Waals surface area contributed by atoms with Crippen LogP contribution in [-0.4, -0.2) is 15.2 Å². The molecule has 0 spiro atoms. The zero-order valence-electron chi connectivity index (χ0n) is 11.4. The minimum atomic E-state index is 0.765. The maximum Gasteiger partial charge on any atom is 0.178 e. The SMILES string of the molecule is Ic1nnc(Cc2nc3ccc(-c4ccccc4)cc3s2)s1. The lowest BCUT2D eigenvalue weighted by Gasteiger charge is -2.00. The van der Waals surface area contributed by atoms with E-state index in [1.807, 2.05) is 6.07 Å². The lowest BCUT2D eigenvalue weighted by Crippen LogP contribution is -1.85. The Labute approximate surface area is 149 Å². The standard InChI is InChI=1S/C16H10IN3S2/c17-16-20-19-15(22-16)9-14-18-12-7-6-11(8-13(12)21-14)10-4-2-1-3-5-10/h1-8H,9H2. The van der Waals surface area contributed by atoms with Crippen LogP contribution in [0.2, 0.25) is 0 Å². The quantitative estimate of drug-likeness (QED) is 0.425. The summed E-state index contributed by atoms with van der Waals surface area (Å²) < 4.78 is 2.19. The molecule has 0 aliphatic carbocycles. The lowest BCUT2D eigenvalue weighted by molar-refractivity contribution is 0.986. The van der Waals surface area contributed by atoms with Gasteiger partial charge >= 0.3 is 0 Å². The number of rotatable bonds is 3. The molecule has 6 heteroatoms. The van der Waals surface area contributed by atoms with Gasteiger partial charge in [-0.25, -0.2) is 4.98 Å². The van der Waals surface area contributed by atoms with E-state index in [-0.39, 0.29) is 0 Å². The smallest absolute Gasteiger partial charge is 0.178 e. The van der Waals surface area contributed by atoms with Gasteiger partial charge in [-0.05, 0) is 45.9 Å². The van der Waals surface area contributed by atoms with Crippen molar-refractivity contribution < 1.29 is 0 Å². The third kappa shape index (κ3) is 2.90. The highest BCUT2D eigenvalue weighted by atomic mass is 127. The number of benzene rings is 2. The normalized spacial score (nSPS) is 11.1. The third-order valence-corrected chi connectivity index (χ3v) is 5.89. The van der Waals surface area contributed by atoms with Crippen molar-refractivity contribution in [2.45, 2.75) is 6.42 Å². The van der Waals surface area contributed by atoms with E-state index in [9.17, 15) is 0 Å².